The standard InChI is InChI=1S/C15H22N2O3S/c1-12(18)13-6-5-7-14(10-13)21(19,20)17-9-8-16(4)15(2,3)11-17/h5-7,10H,8-9,11H2,1-4H3. The molecule has 0 bridgehead atoms. The first kappa shape index (κ1) is 16.1. The molecule has 1 aromatic rings. The number of piperazine rings is 1. The normalized spacial score (nSPS) is 20.4. The number of Topliss-reactive ketones (excluding diaryl/α,β-unsaturated/α-hetero) is 1. The molecular weight excluding hydrogens is 288 g/mol. The summed E-state index contributed by atoms with van der Waals surface area (Å²) in [5.41, 5.74) is 0.216. The highest BCUT2D eigenvalue weighted by Gasteiger charge is 2.37. The van der Waals surface area contributed by atoms with Crippen LogP contribution in [0.25, 0.3) is 0 Å². The molecule has 0 amide bonds. The van der Waals surface area contributed by atoms with E-state index in [1.165, 1.54) is 17.3 Å². The van der Waals surface area contributed by atoms with Gasteiger partial charge in [0, 0.05) is 30.7 Å². The lowest BCUT2D eigenvalue weighted by molar-refractivity contribution is 0.0801. The Bertz CT molecular complexity index is 653. The monoisotopic (exact) mass is 310 g/mol. The summed E-state index contributed by atoms with van der Waals surface area (Å²) >= 11 is 0. The van der Waals surface area contributed by atoms with Gasteiger partial charge in [-0.15, -0.1) is 0 Å². The van der Waals surface area contributed by atoms with Crippen molar-refractivity contribution in [1.29, 1.82) is 0 Å². The summed E-state index contributed by atoms with van der Waals surface area (Å²) in [4.78, 5) is 13.8. The molecule has 1 fully saturated rings. The van der Waals surface area contributed by atoms with Crippen molar-refractivity contribution in [2.24, 2.45) is 0 Å². The van der Waals surface area contributed by atoms with E-state index < -0.39 is 10.0 Å². The van der Waals surface area contributed by atoms with E-state index in [1.54, 1.807) is 18.2 Å². The minimum atomic E-state index is -3.56. The Morgan fingerprint density at radius 2 is 1.90 bits per heavy atom. The zero-order valence-corrected chi connectivity index (χ0v) is 13.8. The van der Waals surface area contributed by atoms with Crippen molar-refractivity contribution in [3.05, 3.63) is 29.8 Å². The lowest BCUT2D eigenvalue weighted by atomic mass is 10.0. The summed E-state index contributed by atoms with van der Waals surface area (Å²) in [6.07, 6.45) is 0. The lowest BCUT2D eigenvalue weighted by Gasteiger charge is -2.44. The van der Waals surface area contributed by atoms with E-state index in [0.717, 1.165) is 0 Å². The summed E-state index contributed by atoms with van der Waals surface area (Å²) in [5.74, 6) is -0.134. The zero-order valence-electron chi connectivity index (χ0n) is 13.0. The van der Waals surface area contributed by atoms with Gasteiger partial charge in [-0.2, -0.15) is 4.31 Å². The smallest absolute Gasteiger partial charge is 0.243 e. The fraction of sp³-hybridized carbons (Fsp3) is 0.533. The Labute approximate surface area is 126 Å². The molecule has 116 valence electrons. The number of hydrogen-bond donors (Lipinski definition) is 0. The van der Waals surface area contributed by atoms with Gasteiger partial charge < -0.3 is 0 Å². The van der Waals surface area contributed by atoms with Gasteiger partial charge in [0.2, 0.25) is 10.0 Å². The van der Waals surface area contributed by atoms with Crippen molar-refractivity contribution in [2.45, 2.75) is 31.2 Å². The van der Waals surface area contributed by atoms with Gasteiger partial charge in [-0.1, -0.05) is 12.1 Å². The van der Waals surface area contributed by atoms with E-state index in [-0.39, 0.29) is 16.2 Å². The highest BCUT2D eigenvalue weighted by Crippen LogP contribution is 2.25. The third-order valence-corrected chi connectivity index (χ3v) is 6.00. The van der Waals surface area contributed by atoms with Gasteiger partial charge in [-0.3, -0.25) is 9.69 Å². The van der Waals surface area contributed by atoms with Crippen LogP contribution in [0.1, 0.15) is 31.1 Å². The Morgan fingerprint density at radius 1 is 1.24 bits per heavy atom. The fourth-order valence-corrected chi connectivity index (χ4v) is 4.06. The highest BCUT2D eigenvalue weighted by molar-refractivity contribution is 7.89. The Balaban J connectivity index is 2.34. The molecule has 1 aromatic carbocycles. The van der Waals surface area contributed by atoms with Crippen LogP contribution in [0, 0.1) is 0 Å². The molecular formula is C15H22N2O3S. The van der Waals surface area contributed by atoms with Crippen LogP contribution in [0.5, 0.6) is 0 Å². The Morgan fingerprint density at radius 3 is 2.48 bits per heavy atom. The maximum absolute atomic E-state index is 12.8. The molecule has 0 radical (unpaired) electrons. The van der Waals surface area contributed by atoms with Crippen molar-refractivity contribution in [2.75, 3.05) is 26.7 Å². The number of benzene rings is 1. The van der Waals surface area contributed by atoms with Crippen LogP contribution in [0.2, 0.25) is 0 Å². The molecule has 6 heteroatoms. The molecule has 1 aliphatic rings. The third-order valence-electron chi connectivity index (χ3n) is 4.16. The number of likely N-dealkylation sites (N-methyl/N-ethyl adjacent to an activating group) is 1. The van der Waals surface area contributed by atoms with E-state index in [9.17, 15) is 13.2 Å². The van der Waals surface area contributed by atoms with Gasteiger partial charge in [0.25, 0.3) is 0 Å². The van der Waals surface area contributed by atoms with Gasteiger partial charge in [-0.25, -0.2) is 8.42 Å². The van der Waals surface area contributed by atoms with Gasteiger partial charge in [0.05, 0.1) is 4.90 Å². The van der Waals surface area contributed by atoms with E-state index in [0.29, 0.717) is 25.2 Å². The molecule has 21 heavy (non-hydrogen) atoms. The maximum Gasteiger partial charge on any atom is 0.243 e. The maximum atomic E-state index is 12.8. The van der Waals surface area contributed by atoms with E-state index >= 15 is 0 Å². The SMILES string of the molecule is CC(=O)c1cccc(S(=O)(=O)N2CCN(C)C(C)(C)C2)c1. The topological polar surface area (TPSA) is 57.7 Å². The van der Waals surface area contributed by atoms with Crippen molar-refractivity contribution >= 4 is 15.8 Å². The first-order valence-electron chi connectivity index (χ1n) is 6.97. The molecule has 0 aromatic heterocycles. The number of rotatable bonds is 3. The van der Waals surface area contributed by atoms with Crippen molar-refractivity contribution in [1.82, 2.24) is 9.21 Å². The number of sulfonamides is 1. The zero-order chi connectivity index (χ0) is 15.8. The number of carbonyl (C=O) groups is 1. The summed E-state index contributed by atoms with van der Waals surface area (Å²) in [6, 6.07) is 6.26. The van der Waals surface area contributed by atoms with Gasteiger partial charge in [0.15, 0.2) is 5.78 Å². The molecule has 0 spiro atoms. The van der Waals surface area contributed by atoms with Crippen molar-refractivity contribution in [3.63, 3.8) is 0 Å². The molecule has 0 N–H and O–H groups in total. The highest BCUT2D eigenvalue weighted by atomic mass is 32.2. The second kappa shape index (κ2) is 5.51. The van der Waals surface area contributed by atoms with E-state index in [4.69, 9.17) is 0 Å². The van der Waals surface area contributed by atoms with Gasteiger partial charge in [-0.05, 0) is 40.0 Å². The van der Waals surface area contributed by atoms with E-state index in [2.05, 4.69) is 4.90 Å². The third kappa shape index (κ3) is 3.17. The van der Waals surface area contributed by atoms with Crippen LogP contribution < -0.4 is 0 Å². The minimum Gasteiger partial charge on any atom is -0.299 e. The molecule has 1 aliphatic heterocycles. The average Bonchev–Trinajstić information content (AvgIpc) is 2.41. The molecule has 1 heterocycles. The molecule has 0 aliphatic carbocycles. The van der Waals surface area contributed by atoms with Crippen LogP contribution in [0.15, 0.2) is 29.2 Å². The summed E-state index contributed by atoms with van der Waals surface area (Å²) in [7, 11) is -1.56. The van der Waals surface area contributed by atoms with Crippen LogP contribution in [0.3, 0.4) is 0 Å². The summed E-state index contributed by atoms with van der Waals surface area (Å²) < 4.78 is 27.0. The van der Waals surface area contributed by atoms with E-state index in [1.807, 2.05) is 20.9 Å². The van der Waals surface area contributed by atoms with Crippen LogP contribution >= 0.6 is 0 Å². The first-order chi connectivity index (χ1) is 9.64. The molecule has 0 atom stereocenters. The number of ketones is 1. The Kier molecular flexibility index (Phi) is 4.24. The lowest BCUT2D eigenvalue weighted by Crippen LogP contribution is -2.58. The Hall–Kier alpha value is -1.24. The second-order valence-corrected chi connectivity index (χ2v) is 8.09. The number of carbonyl (C=O) groups excluding carboxylic acids is 1. The molecule has 1 saturated heterocycles. The van der Waals surface area contributed by atoms with Crippen LogP contribution in [0.4, 0.5) is 0 Å². The predicted octanol–water partition coefficient (Wildman–Crippen LogP) is 1.60. The fourth-order valence-electron chi connectivity index (χ4n) is 2.43. The summed E-state index contributed by atoms with van der Waals surface area (Å²) in [6.45, 7) is 7.09. The molecule has 5 nitrogen and oxygen atoms in total. The summed E-state index contributed by atoms with van der Waals surface area (Å²) in [5, 5.41) is 0. The largest absolute Gasteiger partial charge is 0.299 e. The minimum absolute atomic E-state index is 0.134. The van der Waals surface area contributed by atoms with Crippen molar-refractivity contribution in [3.8, 4) is 0 Å². The molecule has 0 saturated carbocycles. The first-order valence-corrected chi connectivity index (χ1v) is 8.41. The average molecular weight is 310 g/mol. The second-order valence-electron chi connectivity index (χ2n) is 6.16. The van der Waals surface area contributed by atoms with Crippen molar-refractivity contribution < 1.29 is 13.2 Å². The quantitative estimate of drug-likeness (QED) is 0.796. The van der Waals surface area contributed by atoms with Crippen LogP contribution in [-0.4, -0.2) is 55.6 Å². The molecule has 2 rings (SSSR count). The van der Waals surface area contributed by atoms with Gasteiger partial charge >= 0.3 is 0 Å². The van der Waals surface area contributed by atoms with Crippen LogP contribution in [-0.2, 0) is 10.0 Å². The predicted molar refractivity (Wildman–Crippen MR) is 81.9 cm³/mol. The molecule has 0 unspecified atom stereocenters. The van der Waals surface area contributed by atoms with Gasteiger partial charge in [0.1, 0.15) is 0 Å². The number of hydrogen-bond acceptors (Lipinski definition) is 4. The number of nitrogens with zero attached hydrogens (tertiary/aromatic N) is 2.